The van der Waals surface area contributed by atoms with Crippen molar-refractivity contribution in [2.45, 2.75) is 51.0 Å². The lowest BCUT2D eigenvalue weighted by molar-refractivity contribution is 0.0734. The van der Waals surface area contributed by atoms with E-state index in [1.807, 2.05) is 12.1 Å². The highest BCUT2D eigenvalue weighted by atomic mass is 19.1. The Bertz CT molecular complexity index is 890. The molecule has 2 N–H and O–H groups in total. The Morgan fingerprint density at radius 3 is 2.28 bits per heavy atom. The summed E-state index contributed by atoms with van der Waals surface area (Å²) in [5, 5.41) is 8.69. The molecule has 152 valence electrons. The average molecular weight is 398 g/mol. The summed E-state index contributed by atoms with van der Waals surface area (Å²) in [7, 11) is 0. The van der Waals surface area contributed by atoms with Crippen molar-refractivity contribution < 1.29 is 18.3 Å². The first kappa shape index (κ1) is 20.9. The molecule has 1 saturated carbocycles. The van der Waals surface area contributed by atoms with Gasteiger partial charge in [-0.1, -0.05) is 19.1 Å². The van der Waals surface area contributed by atoms with Gasteiger partial charge in [0, 0.05) is 18.2 Å². The predicted octanol–water partition coefficient (Wildman–Crippen LogP) is 5.07. The minimum atomic E-state index is -1.07. The molecule has 0 aliphatic heterocycles. The summed E-state index contributed by atoms with van der Waals surface area (Å²) in [6, 6.07) is 10.5. The Balaban J connectivity index is 1.63. The largest absolute Gasteiger partial charge is 0.423 e. The van der Waals surface area contributed by atoms with Gasteiger partial charge in [-0.2, -0.15) is 5.26 Å². The van der Waals surface area contributed by atoms with E-state index in [1.54, 1.807) is 12.1 Å². The number of esters is 1. The van der Waals surface area contributed by atoms with Crippen molar-refractivity contribution in [3.8, 4) is 11.8 Å². The maximum Gasteiger partial charge on any atom is 0.343 e. The minimum Gasteiger partial charge on any atom is -0.423 e. The number of ether oxygens (including phenoxy) is 1. The molecule has 6 heteroatoms. The fraction of sp³-hybridized carbons (Fsp3) is 0.391. The third-order valence-electron chi connectivity index (χ3n) is 5.80. The number of hydrogen-bond donors (Lipinski definition) is 1. The molecule has 0 spiro atoms. The molecule has 1 aliphatic rings. The maximum atomic E-state index is 13.7. The molecule has 29 heavy (non-hydrogen) atoms. The van der Waals surface area contributed by atoms with Gasteiger partial charge in [-0.3, -0.25) is 0 Å². The molecule has 0 heterocycles. The molecular formula is C23H24F2N2O2. The lowest BCUT2D eigenvalue weighted by Gasteiger charge is -2.32. The second kappa shape index (κ2) is 9.15. The molecule has 1 aliphatic carbocycles. The number of hydrogen-bond acceptors (Lipinski definition) is 4. The SMILES string of the molecule is CCC(N)C1CCC(c2ccc(C(=O)Oc3cc(F)c(C#N)c(F)c3)cc2)CC1. The van der Waals surface area contributed by atoms with Crippen molar-refractivity contribution in [2.75, 3.05) is 0 Å². The lowest BCUT2D eigenvalue weighted by atomic mass is 9.75. The van der Waals surface area contributed by atoms with Gasteiger partial charge in [0.25, 0.3) is 0 Å². The van der Waals surface area contributed by atoms with Gasteiger partial charge < -0.3 is 10.5 Å². The summed E-state index contributed by atoms with van der Waals surface area (Å²) in [6.07, 6.45) is 5.37. The van der Waals surface area contributed by atoms with Gasteiger partial charge in [0.2, 0.25) is 0 Å². The molecule has 0 amide bonds. The van der Waals surface area contributed by atoms with Gasteiger partial charge in [-0.25, -0.2) is 13.6 Å². The zero-order valence-corrected chi connectivity index (χ0v) is 16.3. The van der Waals surface area contributed by atoms with Gasteiger partial charge in [0.1, 0.15) is 29.0 Å². The number of carbonyl (C=O) groups is 1. The van der Waals surface area contributed by atoms with E-state index in [2.05, 4.69) is 6.92 Å². The van der Waals surface area contributed by atoms with Crippen LogP contribution >= 0.6 is 0 Å². The average Bonchev–Trinajstić information content (AvgIpc) is 2.73. The molecule has 4 nitrogen and oxygen atoms in total. The molecule has 2 aromatic carbocycles. The fourth-order valence-corrected chi connectivity index (χ4v) is 3.99. The number of nitriles is 1. The third kappa shape index (κ3) is 4.80. The summed E-state index contributed by atoms with van der Waals surface area (Å²) in [6.45, 7) is 2.12. The first-order valence-electron chi connectivity index (χ1n) is 9.89. The van der Waals surface area contributed by atoms with E-state index >= 15 is 0 Å². The van der Waals surface area contributed by atoms with Crippen LogP contribution in [0.2, 0.25) is 0 Å². The van der Waals surface area contributed by atoms with E-state index in [4.69, 9.17) is 15.7 Å². The van der Waals surface area contributed by atoms with Crippen LogP contribution in [-0.4, -0.2) is 12.0 Å². The van der Waals surface area contributed by atoms with E-state index in [0.29, 0.717) is 17.4 Å². The lowest BCUT2D eigenvalue weighted by Crippen LogP contribution is -2.32. The normalized spacial score (nSPS) is 20.0. The van der Waals surface area contributed by atoms with Crippen LogP contribution in [0, 0.1) is 28.9 Å². The van der Waals surface area contributed by atoms with E-state index in [9.17, 15) is 13.6 Å². The smallest absolute Gasteiger partial charge is 0.343 e. The summed E-state index contributed by atoms with van der Waals surface area (Å²) in [5.74, 6) is -2.09. The number of rotatable bonds is 5. The highest BCUT2D eigenvalue weighted by molar-refractivity contribution is 5.91. The van der Waals surface area contributed by atoms with Crippen LogP contribution in [0.1, 0.15) is 66.4 Å². The molecule has 1 unspecified atom stereocenters. The van der Waals surface area contributed by atoms with E-state index in [0.717, 1.165) is 44.2 Å². The van der Waals surface area contributed by atoms with Gasteiger partial charge in [0.05, 0.1) is 5.56 Å². The van der Waals surface area contributed by atoms with Gasteiger partial charge in [-0.05, 0) is 61.6 Å². The van der Waals surface area contributed by atoms with Crippen LogP contribution in [-0.2, 0) is 0 Å². The van der Waals surface area contributed by atoms with Crippen LogP contribution in [0.15, 0.2) is 36.4 Å². The Hall–Kier alpha value is -2.78. The Kier molecular flexibility index (Phi) is 6.60. The zero-order valence-electron chi connectivity index (χ0n) is 16.3. The highest BCUT2D eigenvalue weighted by Crippen LogP contribution is 2.37. The van der Waals surface area contributed by atoms with Crippen LogP contribution in [0.4, 0.5) is 8.78 Å². The van der Waals surface area contributed by atoms with Gasteiger partial charge in [-0.15, -0.1) is 0 Å². The summed E-state index contributed by atoms with van der Waals surface area (Å²) in [4.78, 5) is 12.3. The van der Waals surface area contributed by atoms with Crippen LogP contribution in [0.25, 0.3) is 0 Å². The number of halogens is 2. The second-order valence-electron chi connectivity index (χ2n) is 7.57. The van der Waals surface area contributed by atoms with Crippen LogP contribution in [0.5, 0.6) is 5.75 Å². The van der Waals surface area contributed by atoms with Gasteiger partial charge in [0.15, 0.2) is 0 Å². The number of nitrogens with two attached hydrogens (primary N) is 1. The van der Waals surface area contributed by atoms with E-state index < -0.39 is 23.2 Å². The van der Waals surface area contributed by atoms with Gasteiger partial charge >= 0.3 is 5.97 Å². The Labute approximate surface area is 169 Å². The molecule has 1 atom stereocenters. The maximum absolute atomic E-state index is 13.7. The second-order valence-corrected chi connectivity index (χ2v) is 7.57. The van der Waals surface area contributed by atoms with Crippen LogP contribution < -0.4 is 10.5 Å². The van der Waals surface area contributed by atoms with E-state index in [-0.39, 0.29) is 11.8 Å². The third-order valence-corrected chi connectivity index (χ3v) is 5.80. The molecule has 1 fully saturated rings. The summed E-state index contributed by atoms with van der Waals surface area (Å²) in [5.41, 5.74) is 6.92. The minimum absolute atomic E-state index is 0.269. The van der Waals surface area contributed by atoms with Crippen LogP contribution in [0.3, 0.4) is 0 Å². The number of carbonyl (C=O) groups excluding carboxylic acids is 1. The van der Waals surface area contributed by atoms with Crippen molar-refractivity contribution >= 4 is 5.97 Å². The number of benzene rings is 2. The quantitative estimate of drug-likeness (QED) is 0.564. The van der Waals surface area contributed by atoms with Crippen molar-refractivity contribution in [3.63, 3.8) is 0 Å². The number of nitrogens with zero attached hydrogens (tertiary/aromatic N) is 1. The topological polar surface area (TPSA) is 76.1 Å². The monoisotopic (exact) mass is 398 g/mol. The molecule has 3 rings (SSSR count). The van der Waals surface area contributed by atoms with Crippen molar-refractivity contribution in [3.05, 3.63) is 64.7 Å². The summed E-state index contributed by atoms with van der Waals surface area (Å²) >= 11 is 0. The van der Waals surface area contributed by atoms with Crippen molar-refractivity contribution in [1.29, 1.82) is 5.26 Å². The van der Waals surface area contributed by atoms with Crippen molar-refractivity contribution in [2.24, 2.45) is 11.7 Å². The first-order valence-corrected chi connectivity index (χ1v) is 9.89. The van der Waals surface area contributed by atoms with Crippen molar-refractivity contribution in [1.82, 2.24) is 0 Å². The zero-order chi connectivity index (χ0) is 21.0. The molecule has 2 aromatic rings. The molecule has 0 saturated heterocycles. The Morgan fingerprint density at radius 2 is 1.76 bits per heavy atom. The predicted molar refractivity (Wildman–Crippen MR) is 105 cm³/mol. The molecular weight excluding hydrogens is 374 g/mol. The van der Waals surface area contributed by atoms with E-state index in [1.165, 1.54) is 11.6 Å². The Morgan fingerprint density at radius 1 is 1.17 bits per heavy atom. The molecule has 0 radical (unpaired) electrons. The standard InChI is InChI=1S/C23H24F2N2O2/c1-2-22(27)16-7-3-14(4-8-16)15-5-9-17(10-6-15)23(28)29-18-11-20(24)19(13-26)21(25)12-18/h5-6,9-12,14,16,22H,2-4,7-8,27H2,1H3. The summed E-state index contributed by atoms with van der Waals surface area (Å²) < 4.78 is 32.4. The first-order chi connectivity index (χ1) is 13.9. The fourth-order valence-electron chi connectivity index (χ4n) is 3.99. The highest BCUT2D eigenvalue weighted by Gasteiger charge is 2.25. The molecule has 0 bridgehead atoms. The molecule has 0 aromatic heterocycles.